The minimum Gasteiger partial charge on any atom is -0.394 e. The SMILES string of the molecule is CN(C)CCCNC(=O)c1cc(NC(=O)c2csc(N)n2)cn1[C@H]1O[C@H](CO)[C@@H](O)[C@H](O)[C@H]1O. The molecule has 1 fully saturated rings. The highest BCUT2D eigenvalue weighted by atomic mass is 32.1. The van der Waals surface area contributed by atoms with Gasteiger partial charge in [-0.3, -0.25) is 9.59 Å². The van der Waals surface area contributed by atoms with Crippen molar-refractivity contribution in [1.29, 1.82) is 0 Å². The van der Waals surface area contributed by atoms with Gasteiger partial charge in [-0.1, -0.05) is 0 Å². The van der Waals surface area contributed by atoms with Crippen LogP contribution in [0.5, 0.6) is 0 Å². The highest BCUT2D eigenvalue weighted by Crippen LogP contribution is 2.31. The molecule has 0 unspecified atom stereocenters. The molecule has 0 spiro atoms. The van der Waals surface area contributed by atoms with Crippen LogP contribution in [0.2, 0.25) is 0 Å². The zero-order valence-corrected chi connectivity index (χ0v) is 19.6. The third-order valence-electron chi connectivity index (χ3n) is 5.30. The first kappa shape index (κ1) is 26.0. The Morgan fingerprint density at radius 3 is 2.59 bits per heavy atom. The van der Waals surface area contributed by atoms with Crippen LogP contribution in [0, 0.1) is 0 Å². The second-order valence-corrected chi connectivity index (χ2v) is 9.07. The number of nitrogens with zero attached hydrogens (tertiary/aromatic N) is 3. The van der Waals surface area contributed by atoms with E-state index in [9.17, 15) is 30.0 Å². The van der Waals surface area contributed by atoms with Crippen molar-refractivity contribution in [2.24, 2.45) is 0 Å². The maximum atomic E-state index is 12.9. The second kappa shape index (κ2) is 11.2. The summed E-state index contributed by atoms with van der Waals surface area (Å²) in [6, 6.07) is 1.39. The van der Waals surface area contributed by atoms with Gasteiger partial charge >= 0.3 is 0 Å². The topological polar surface area (TPSA) is 195 Å². The molecule has 3 heterocycles. The number of anilines is 2. The molecule has 2 aromatic rings. The average molecular weight is 499 g/mol. The van der Waals surface area contributed by atoms with Gasteiger partial charge in [0, 0.05) is 18.1 Å². The second-order valence-electron chi connectivity index (χ2n) is 8.18. The van der Waals surface area contributed by atoms with E-state index in [1.165, 1.54) is 22.2 Å². The predicted octanol–water partition coefficient (Wildman–Crippen LogP) is -1.57. The number of thiazole rings is 1. The quantitative estimate of drug-likeness (QED) is 0.199. The van der Waals surface area contributed by atoms with Crippen LogP contribution in [0.1, 0.15) is 33.6 Å². The monoisotopic (exact) mass is 498 g/mol. The van der Waals surface area contributed by atoms with Crippen LogP contribution in [0.4, 0.5) is 10.8 Å². The van der Waals surface area contributed by atoms with Gasteiger partial charge in [-0.05, 0) is 33.1 Å². The summed E-state index contributed by atoms with van der Waals surface area (Å²) >= 11 is 1.10. The van der Waals surface area contributed by atoms with Crippen LogP contribution in [0.25, 0.3) is 0 Å². The number of nitrogen functional groups attached to an aromatic ring is 1. The van der Waals surface area contributed by atoms with Gasteiger partial charge in [0.1, 0.15) is 35.8 Å². The maximum Gasteiger partial charge on any atom is 0.275 e. The number of hydrogen-bond acceptors (Lipinski definition) is 11. The first-order chi connectivity index (χ1) is 16.1. The van der Waals surface area contributed by atoms with Crippen LogP contribution in [-0.4, -0.2) is 105 Å². The Labute approximate surface area is 199 Å². The Bertz CT molecular complexity index is 994. The van der Waals surface area contributed by atoms with Gasteiger partial charge in [0.25, 0.3) is 11.8 Å². The van der Waals surface area contributed by atoms with Crippen molar-refractivity contribution < 1.29 is 34.8 Å². The zero-order valence-electron chi connectivity index (χ0n) is 18.8. The van der Waals surface area contributed by atoms with E-state index >= 15 is 0 Å². The summed E-state index contributed by atoms with van der Waals surface area (Å²) in [4.78, 5) is 31.3. The van der Waals surface area contributed by atoms with Crippen molar-refractivity contribution in [2.75, 3.05) is 44.8 Å². The number of aromatic nitrogens is 2. The van der Waals surface area contributed by atoms with E-state index in [0.29, 0.717) is 13.0 Å². The van der Waals surface area contributed by atoms with E-state index in [4.69, 9.17) is 10.5 Å². The summed E-state index contributed by atoms with van der Waals surface area (Å²) in [6.45, 7) is 0.506. The van der Waals surface area contributed by atoms with Crippen molar-refractivity contribution in [3.05, 3.63) is 29.0 Å². The molecule has 14 heteroatoms. The maximum absolute atomic E-state index is 12.9. The van der Waals surface area contributed by atoms with Gasteiger partial charge in [-0.25, -0.2) is 4.98 Å². The van der Waals surface area contributed by atoms with Gasteiger partial charge < -0.3 is 51.0 Å². The van der Waals surface area contributed by atoms with E-state index < -0.39 is 49.1 Å². The molecule has 5 atom stereocenters. The molecule has 0 saturated carbocycles. The molecule has 188 valence electrons. The lowest BCUT2D eigenvalue weighted by Gasteiger charge is -2.40. The molecule has 3 rings (SSSR count). The van der Waals surface area contributed by atoms with Crippen LogP contribution >= 0.6 is 11.3 Å². The number of ether oxygens (including phenoxy) is 1. The fourth-order valence-electron chi connectivity index (χ4n) is 3.53. The van der Waals surface area contributed by atoms with Crippen molar-refractivity contribution in [1.82, 2.24) is 19.8 Å². The molecule has 8 N–H and O–H groups in total. The molecule has 0 aromatic carbocycles. The number of aliphatic hydroxyl groups excluding tert-OH is 4. The lowest BCUT2D eigenvalue weighted by Crippen LogP contribution is -2.56. The first-order valence-corrected chi connectivity index (χ1v) is 11.5. The lowest BCUT2D eigenvalue weighted by molar-refractivity contribution is -0.251. The predicted molar refractivity (Wildman–Crippen MR) is 123 cm³/mol. The number of carbonyl (C=O) groups is 2. The van der Waals surface area contributed by atoms with E-state index in [-0.39, 0.29) is 22.2 Å². The Morgan fingerprint density at radius 2 is 1.97 bits per heavy atom. The number of rotatable bonds is 9. The molecule has 2 aromatic heterocycles. The Kier molecular flexibility index (Phi) is 8.59. The van der Waals surface area contributed by atoms with Gasteiger partial charge in [0.2, 0.25) is 0 Å². The minimum absolute atomic E-state index is 0.0299. The van der Waals surface area contributed by atoms with Crippen LogP contribution in [0.3, 0.4) is 0 Å². The fourth-order valence-corrected chi connectivity index (χ4v) is 4.07. The molecule has 34 heavy (non-hydrogen) atoms. The summed E-state index contributed by atoms with van der Waals surface area (Å²) in [6.07, 6.45) is -5.25. The Balaban J connectivity index is 1.87. The highest BCUT2D eigenvalue weighted by molar-refractivity contribution is 7.13. The molecular weight excluding hydrogens is 468 g/mol. The first-order valence-electron chi connectivity index (χ1n) is 10.6. The largest absolute Gasteiger partial charge is 0.394 e. The van der Waals surface area contributed by atoms with Crippen molar-refractivity contribution in [2.45, 2.75) is 37.1 Å². The molecule has 13 nitrogen and oxygen atoms in total. The number of carbonyl (C=O) groups excluding carboxylic acids is 2. The van der Waals surface area contributed by atoms with Crippen LogP contribution in [-0.2, 0) is 4.74 Å². The Hall–Kier alpha value is -2.59. The van der Waals surface area contributed by atoms with Crippen molar-refractivity contribution in [3.63, 3.8) is 0 Å². The minimum atomic E-state index is -1.63. The number of hydrogen-bond donors (Lipinski definition) is 7. The van der Waals surface area contributed by atoms with E-state index in [1.807, 2.05) is 19.0 Å². The molecule has 0 bridgehead atoms. The molecule has 1 saturated heterocycles. The molecular formula is C20H30N6O7S. The number of nitrogens with two attached hydrogens (primary N) is 1. The zero-order chi connectivity index (χ0) is 25.0. The third kappa shape index (κ3) is 5.90. The molecule has 0 aliphatic carbocycles. The molecule has 1 aliphatic rings. The van der Waals surface area contributed by atoms with Gasteiger partial charge in [0.15, 0.2) is 11.4 Å². The summed E-state index contributed by atoms with van der Waals surface area (Å²) < 4.78 is 6.84. The summed E-state index contributed by atoms with van der Waals surface area (Å²) in [5, 5.41) is 47.4. The van der Waals surface area contributed by atoms with E-state index in [1.54, 1.807) is 0 Å². The van der Waals surface area contributed by atoms with E-state index in [2.05, 4.69) is 15.6 Å². The van der Waals surface area contributed by atoms with Gasteiger partial charge in [-0.15, -0.1) is 11.3 Å². The van der Waals surface area contributed by atoms with Gasteiger partial charge in [0.05, 0.1) is 12.3 Å². The molecule has 1 aliphatic heterocycles. The van der Waals surface area contributed by atoms with Crippen LogP contribution in [0.15, 0.2) is 17.6 Å². The number of nitrogens with one attached hydrogen (secondary N) is 2. The smallest absolute Gasteiger partial charge is 0.275 e. The fraction of sp³-hybridized carbons (Fsp3) is 0.550. The molecule has 2 amide bonds. The van der Waals surface area contributed by atoms with Crippen LogP contribution < -0.4 is 16.4 Å². The van der Waals surface area contributed by atoms with Crippen molar-refractivity contribution >= 4 is 34.0 Å². The summed E-state index contributed by atoms with van der Waals surface area (Å²) in [7, 11) is 3.83. The highest BCUT2D eigenvalue weighted by Gasteiger charge is 2.45. The molecule has 0 radical (unpaired) electrons. The number of aliphatic hydroxyl groups is 4. The average Bonchev–Trinajstić information content (AvgIpc) is 3.41. The summed E-state index contributed by atoms with van der Waals surface area (Å²) in [5.41, 5.74) is 5.90. The number of amides is 2. The Morgan fingerprint density at radius 1 is 1.24 bits per heavy atom. The summed E-state index contributed by atoms with van der Waals surface area (Å²) in [5.74, 6) is -1.06. The van der Waals surface area contributed by atoms with Crippen molar-refractivity contribution in [3.8, 4) is 0 Å². The lowest BCUT2D eigenvalue weighted by atomic mass is 9.98. The van der Waals surface area contributed by atoms with Gasteiger partial charge in [-0.2, -0.15) is 0 Å². The normalized spacial score (nSPS) is 24.9. The third-order valence-corrected chi connectivity index (χ3v) is 5.98. The standard InChI is InChI=1S/C20H30N6O7S/c1-25(2)5-3-4-22-18(32)12-6-10(23-17(31)11-9-34-20(21)24-11)7-26(12)19-16(30)15(29)14(28)13(8-27)33-19/h6-7,9,13-16,19,27-30H,3-5,8H2,1-2H3,(H2,21,24)(H,22,32)(H,23,31)/t13-,14-,15+,16-,19+/m1/s1. The van der Waals surface area contributed by atoms with E-state index in [0.717, 1.165) is 17.9 Å².